The average Bonchev–Trinajstić information content (AvgIpc) is 3.13. The van der Waals surface area contributed by atoms with Crippen LogP contribution in [0, 0.1) is 0 Å². The number of fused-ring (bicyclic) bond motifs is 1. The van der Waals surface area contributed by atoms with Crippen molar-refractivity contribution >= 4 is 28.6 Å². The molecule has 0 radical (unpaired) electrons. The van der Waals surface area contributed by atoms with Crippen molar-refractivity contribution in [2.75, 3.05) is 12.4 Å². The third-order valence-corrected chi connectivity index (χ3v) is 5.88. The smallest absolute Gasteiger partial charge is 0.316 e. The molecule has 3 nitrogen and oxygen atoms in total. The van der Waals surface area contributed by atoms with Crippen LogP contribution in [-0.4, -0.2) is 22.9 Å². The topological polar surface area (TPSA) is 31.2 Å². The van der Waals surface area contributed by atoms with E-state index in [2.05, 4.69) is 77.5 Å². The standard InChI is InChI=1S/C25H23NO2S/c1-2-28-24(27)18-29-23-17-26(22-16-10-9-15-21(22)23)25(19-11-5-3-6-12-19)20-13-7-4-8-14-20/h3-17,25H,2,18H2,1H3. The van der Waals surface area contributed by atoms with E-state index in [1.54, 1.807) is 0 Å². The highest BCUT2D eigenvalue weighted by molar-refractivity contribution is 8.00. The summed E-state index contributed by atoms with van der Waals surface area (Å²) in [5.41, 5.74) is 3.60. The Labute approximate surface area is 175 Å². The number of para-hydroxylation sites is 1. The fraction of sp³-hybridized carbons (Fsp3) is 0.160. The van der Waals surface area contributed by atoms with Crippen LogP contribution in [0.4, 0.5) is 0 Å². The lowest BCUT2D eigenvalue weighted by atomic mass is 9.98. The summed E-state index contributed by atoms with van der Waals surface area (Å²) in [6, 6.07) is 29.5. The van der Waals surface area contributed by atoms with Gasteiger partial charge in [-0.25, -0.2) is 0 Å². The average molecular weight is 402 g/mol. The lowest BCUT2D eigenvalue weighted by Gasteiger charge is -2.21. The number of hydrogen-bond donors (Lipinski definition) is 0. The summed E-state index contributed by atoms with van der Waals surface area (Å²) in [6.45, 7) is 2.24. The van der Waals surface area contributed by atoms with Crippen LogP contribution >= 0.6 is 11.8 Å². The summed E-state index contributed by atoms with van der Waals surface area (Å²) in [5, 5.41) is 1.15. The van der Waals surface area contributed by atoms with Gasteiger partial charge in [0.05, 0.1) is 23.9 Å². The van der Waals surface area contributed by atoms with Gasteiger partial charge in [-0.3, -0.25) is 4.79 Å². The van der Waals surface area contributed by atoms with Crippen molar-refractivity contribution in [3.05, 3.63) is 102 Å². The van der Waals surface area contributed by atoms with Gasteiger partial charge in [0.2, 0.25) is 0 Å². The van der Waals surface area contributed by atoms with E-state index in [9.17, 15) is 4.79 Å². The van der Waals surface area contributed by atoms with Crippen LogP contribution in [0.1, 0.15) is 24.1 Å². The zero-order chi connectivity index (χ0) is 20.1. The molecule has 0 unspecified atom stereocenters. The van der Waals surface area contributed by atoms with Gasteiger partial charge < -0.3 is 9.30 Å². The minimum absolute atomic E-state index is 0.0549. The molecule has 0 aliphatic carbocycles. The first-order valence-electron chi connectivity index (χ1n) is 9.76. The molecule has 4 rings (SSSR count). The third kappa shape index (κ3) is 4.22. The number of carbonyl (C=O) groups is 1. The number of ether oxygens (including phenoxy) is 1. The Kier molecular flexibility index (Phi) is 6.01. The van der Waals surface area contributed by atoms with Gasteiger partial charge in [0, 0.05) is 16.5 Å². The molecule has 1 aromatic heterocycles. The number of aromatic nitrogens is 1. The quantitative estimate of drug-likeness (QED) is 0.284. The van der Waals surface area contributed by atoms with E-state index in [4.69, 9.17) is 4.74 Å². The summed E-state index contributed by atoms with van der Waals surface area (Å²) in [7, 11) is 0. The molecule has 0 saturated heterocycles. The first kappa shape index (κ1) is 19.3. The van der Waals surface area contributed by atoms with Crippen LogP contribution in [0.3, 0.4) is 0 Å². The van der Waals surface area contributed by atoms with Gasteiger partial charge in [-0.2, -0.15) is 0 Å². The first-order valence-corrected chi connectivity index (χ1v) is 10.7. The second kappa shape index (κ2) is 9.01. The molecule has 0 fully saturated rings. The maximum atomic E-state index is 11.9. The second-order valence-corrected chi connectivity index (χ2v) is 7.75. The number of thioether (sulfide) groups is 1. The van der Waals surface area contributed by atoms with Crippen molar-refractivity contribution in [1.29, 1.82) is 0 Å². The Bertz CT molecular complexity index is 1050. The van der Waals surface area contributed by atoms with Crippen molar-refractivity contribution in [2.24, 2.45) is 0 Å². The van der Waals surface area contributed by atoms with E-state index in [1.807, 2.05) is 25.1 Å². The molecule has 146 valence electrons. The van der Waals surface area contributed by atoms with Crippen LogP contribution in [0.2, 0.25) is 0 Å². The molecule has 29 heavy (non-hydrogen) atoms. The zero-order valence-electron chi connectivity index (χ0n) is 16.3. The van der Waals surface area contributed by atoms with Crippen molar-refractivity contribution in [2.45, 2.75) is 17.9 Å². The molecule has 0 saturated carbocycles. The van der Waals surface area contributed by atoms with Crippen LogP contribution in [0.5, 0.6) is 0 Å². The Morgan fingerprint density at radius 2 is 1.48 bits per heavy atom. The van der Waals surface area contributed by atoms with Crippen molar-refractivity contribution in [3.63, 3.8) is 0 Å². The Hall–Kier alpha value is -2.98. The highest BCUT2D eigenvalue weighted by atomic mass is 32.2. The lowest BCUT2D eigenvalue weighted by molar-refractivity contribution is -0.139. The molecule has 0 bridgehead atoms. The number of carbonyl (C=O) groups excluding carboxylic acids is 1. The van der Waals surface area contributed by atoms with E-state index in [0.29, 0.717) is 12.4 Å². The number of esters is 1. The van der Waals surface area contributed by atoms with Crippen molar-refractivity contribution in [3.8, 4) is 0 Å². The van der Waals surface area contributed by atoms with Gasteiger partial charge in [-0.15, -0.1) is 11.8 Å². The number of hydrogen-bond acceptors (Lipinski definition) is 3. The zero-order valence-corrected chi connectivity index (χ0v) is 17.1. The predicted molar refractivity (Wildman–Crippen MR) is 119 cm³/mol. The number of rotatable bonds is 7. The van der Waals surface area contributed by atoms with Gasteiger partial charge >= 0.3 is 5.97 Å². The van der Waals surface area contributed by atoms with Crippen molar-refractivity contribution < 1.29 is 9.53 Å². The molecule has 0 spiro atoms. The maximum Gasteiger partial charge on any atom is 0.316 e. The number of nitrogens with zero attached hydrogens (tertiary/aromatic N) is 1. The van der Waals surface area contributed by atoms with Crippen LogP contribution < -0.4 is 0 Å². The molecular weight excluding hydrogens is 378 g/mol. The largest absolute Gasteiger partial charge is 0.465 e. The van der Waals surface area contributed by atoms with Gasteiger partial charge in [-0.1, -0.05) is 78.9 Å². The molecule has 3 aromatic carbocycles. The molecule has 0 N–H and O–H groups in total. The van der Waals surface area contributed by atoms with Gasteiger partial charge in [-0.05, 0) is 24.1 Å². The molecule has 0 aliphatic rings. The summed E-state index contributed by atoms with van der Waals surface area (Å²) >= 11 is 1.53. The minimum atomic E-state index is -0.183. The third-order valence-electron chi connectivity index (χ3n) is 4.86. The predicted octanol–water partition coefficient (Wildman–Crippen LogP) is 5.93. The summed E-state index contributed by atoms with van der Waals surface area (Å²) < 4.78 is 7.41. The highest BCUT2D eigenvalue weighted by Crippen LogP contribution is 2.36. The summed E-state index contributed by atoms with van der Waals surface area (Å²) in [4.78, 5) is 13.0. The van der Waals surface area contributed by atoms with Crippen LogP contribution in [0.25, 0.3) is 10.9 Å². The van der Waals surface area contributed by atoms with E-state index in [0.717, 1.165) is 15.8 Å². The SMILES string of the molecule is CCOC(=O)CSc1cn(C(c2ccccc2)c2ccccc2)c2ccccc12. The molecule has 0 amide bonds. The van der Waals surface area contributed by atoms with Gasteiger partial charge in [0.15, 0.2) is 0 Å². The molecule has 4 heteroatoms. The molecule has 0 aliphatic heterocycles. The molecular formula is C25H23NO2S. The minimum Gasteiger partial charge on any atom is -0.465 e. The van der Waals surface area contributed by atoms with Crippen LogP contribution in [0.15, 0.2) is 96.0 Å². The molecule has 0 atom stereocenters. The molecule has 1 heterocycles. The van der Waals surface area contributed by atoms with Gasteiger partial charge in [0.25, 0.3) is 0 Å². The molecule has 4 aromatic rings. The normalized spacial score (nSPS) is 11.1. The summed E-state index contributed by atoms with van der Waals surface area (Å²) in [6.07, 6.45) is 2.17. The van der Waals surface area contributed by atoms with Crippen LogP contribution in [-0.2, 0) is 9.53 Å². The first-order chi connectivity index (χ1) is 14.3. The fourth-order valence-electron chi connectivity index (χ4n) is 3.62. The van der Waals surface area contributed by atoms with E-state index >= 15 is 0 Å². The fourth-order valence-corrected chi connectivity index (χ4v) is 4.50. The summed E-state index contributed by atoms with van der Waals surface area (Å²) in [5.74, 6) is 0.125. The Balaban J connectivity index is 1.81. The Morgan fingerprint density at radius 1 is 0.897 bits per heavy atom. The van der Waals surface area contributed by atoms with E-state index < -0.39 is 0 Å². The van der Waals surface area contributed by atoms with Gasteiger partial charge in [0.1, 0.15) is 0 Å². The van der Waals surface area contributed by atoms with E-state index in [1.165, 1.54) is 22.9 Å². The van der Waals surface area contributed by atoms with Crippen molar-refractivity contribution in [1.82, 2.24) is 4.57 Å². The second-order valence-electron chi connectivity index (χ2n) is 6.74. The monoisotopic (exact) mass is 401 g/mol. The Morgan fingerprint density at radius 3 is 2.10 bits per heavy atom. The maximum absolute atomic E-state index is 11.9. The highest BCUT2D eigenvalue weighted by Gasteiger charge is 2.20. The number of benzene rings is 3. The lowest BCUT2D eigenvalue weighted by Crippen LogP contribution is -2.11. The van der Waals surface area contributed by atoms with E-state index in [-0.39, 0.29) is 12.0 Å².